The molecule has 1 amide bonds. The van der Waals surface area contributed by atoms with Crippen molar-refractivity contribution in [1.82, 2.24) is 25.5 Å². The van der Waals surface area contributed by atoms with Gasteiger partial charge in [-0.2, -0.15) is 0 Å². The number of carbonyl (C=O) groups is 1. The SMILES string of the molecule is C[C@@H](Sc1nnnn1C1CCCC1)C(=O)NCc1cccs1. The third-order valence-corrected chi connectivity index (χ3v) is 5.73. The molecule has 0 spiro atoms. The van der Waals surface area contributed by atoms with E-state index in [-0.39, 0.29) is 11.2 Å². The molecular weight excluding hydrogens is 318 g/mol. The summed E-state index contributed by atoms with van der Waals surface area (Å²) in [5, 5.41) is 17.5. The summed E-state index contributed by atoms with van der Waals surface area (Å²) in [5.41, 5.74) is 0. The second kappa shape index (κ2) is 7.23. The van der Waals surface area contributed by atoms with E-state index in [1.165, 1.54) is 24.6 Å². The maximum absolute atomic E-state index is 12.2. The largest absolute Gasteiger partial charge is 0.350 e. The molecule has 1 fully saturated rings. The van der Waals surface area contributed by atoms with Crippen molar-refractivity contribution in [2.45, 2.75) is 55.6 Å². The molecule has 1 atom stereocenters. The van der Waals surface area contributed by atoms with E-state index in [0.29, 0.717) is 12.6 Å². The first kappa shape index (κ1) is 15.5. The average molecular weight is 337 g/mol. The van der Waals surface area contributed by atoms with E-state index in [9.17, 15) is 4.79 Å². The molecule has 118 valence electrons. The van der Waals surface area contributed by atoms with Crippen LogP contribution in [0, 0.1) is 0 Å². The Morgan fingerprint density at radius 1 is 1.55 bits per heavy atom. The zero-order valence-electron chi connectivity index (χ0n) is 12.4. The Bertz CT molecular complexity index is 607. The van der Waals surface area contributed by atoms with Gasteiger partial charge in [0.2, 0.25) is 11.1 Å². The first-order valence-electron chi connectivity index (χ1n) is 7.48. The molecule has 22 heavy (non-hydrogen) atoms. The van der Waals surface area contributed by atoms with Gasteiger partial charge in [0, 0.05) is 4.88 Å². The van der Waals surface area contributed by atoms with Crippen molar-refractivity contribution in [1.29, 1.82) is 0 Å². The molecule has 1 N–H and O–H groups in total. The minimum atomic E-state index is -0.217. The number of rotatable bonds is 6. The van der Waals surface area contributed by atoms with Crippen LogP contribution < -0.4 is 5.32 Å². The summed E-state index contributed by atoms with van der Waals surface area (Å²) < 4.78 is 1.89. The van der Waals surface area contributed by atoms with Crippen molar-refractivity contribution in [2.24, 2.45) is 0 Å². The Hall–Kier alpha value is -1.41. The monoisotopic (exact) mass is 337 g/mol. The van der Waals surface area contributed by atoms with Crippen LogP contribution in [-0.4, -0.2) is 31.4 Å². The molecule has 1 saturated carbocycles. The number of thioether (sulfide) groups is 1. The Morgan fingerprint density at radius 2 is 2.36 bits per heavy atom. The van der Waals surface area contributed by atoms with Crippen LogP contribution in [0.4, 0.5) is 0 Å². The fraction of sp³-hybridized carbons (Fsp3) is 0.571. The molecule has 3 rings (SSSR count). The standard InChI is InChI=1S/C14H19N5OS2/c1-10(13(20)15-9-12-7-4-8-21-12)22-14-16-17-18-19(14)11-5-2-3-6-11/h4,7-8,10-11H,2-3,5-6,9H2,1H3,(H,15,20)/t10-/m1/s1. The van der Waals surface area contributed by atoms with Gasteiger partial charge in [-0.25, -0.2) is 4.68 Å². The van der Waals surface area contributed by atoms with Crippen LogP contribution >= 0.6 is 23.1 Å². The van der Waals surface area contributed by atoms with Crippen molar-refractivity contribution in [3.63, 3.8) is 0 Å². The van der Waals surface area contributed by atoms with Crippen molar-refractivity contribution in [2.75, 3.05) is 0 Å². The summed E-state index contributed by atoms with van der Waals surface area (Å²) in [4.78, 5) is 13.3. The normalized spacial score (nSPS) is 16.8. The van der Waals surface area contributed by atoms with E-state index >= 15 is 0 Å². The van der Waals surface area contributed by atoms with E-state index in [1.807, 2.05) is 29.1 Å². The topological polar surface area (TPSA) is 72.7 Å². The maximum atomic E-state index is 12.2. The Labute approximate surface area is 137 Å². The van der Waals surface area contributed by atoms with Gasteiger partial charge in [-0.05, 0) is 41.6 Å². The number of aromatic nitrogens is 4. The first-order valence-corrected chi connectivity index (χ1v) is 9.24. The van der Waals surface area contributed by atoms with Gasteiger partial charge in [-0.3, -0.25) is 4.79 Å². The molecule has 2 heterocycles. The van der Waals surface area contributed by atoms with Gasteiger partial charge in [0.1, 0.15) is 0 Å². The van der Waals surface area contributed by atoms with Gasteiger partial charge < -0.3 is 5.32 Å². The lowest BCUT2D eigenvalue weighted by molar-refractivity contribution is -0.120. The highest BCUT2D eigenvalue weighted by Gasteiger charge is 2.24. The Kier molecular flexibility index (Phi) is 5.09. The molecule has 1 aliphatic carbocycles. The third kappa shape index (κ3) is 3.67. The lowest BCUT2D eigenvalue weighted by Crippen LogP contribution is -2.30. The van der Waals surface area contributed by atoms with Gasteiger partial charge >= 0.3 is 0 Å². The third-order valence-electron chi connectivity index (χ3n) is 3.80. The molecule has 8 heteroatoms. The summed E-state index contributed by atoms with van der Waals surface area (Å²) in [5.74, 6) is 0.0133. The lowest BCUT2D eigenvalue weighted by atomic mass is 10.3. The number of thiophene rings is 1. The molecule has 2 aromatic heterocycles. The minimum absolute atomic E-state index is 0.0133. The molecule has 0 saturated heterocycles. The summed E-state index contributed by atoms with van der Waals surface area (Å²) in [6.45, 7) is 2.47. The highest BCUT2D eigenvalue weighted by atomic mass is 32.2. The fourth-order valence-corrected chi connectivity index (χ4v) is 4.11. The number of amides is 1. The van der Waals surface area contributed by atoms with Gasteiger partial charge in [0.15, 0.2) is 0 Å². The van der Waals surface area contributed by atoms with E-state index in [4.69, 9.17) is 0 Å². The molecule has 1 aliphatic rings. The van der Waals surface area contributed by atoms with Crippen LogP contribution in [0.5, 0.6) is 0 Å². The highest BCUT2D eigenvalue weighted by molar-refractivity contribution is 8.00. The average Bonchev–Trinajstić information content (AvgIpc) is 3.25. The molecule has 0 aliphatic heterocycles. The van der Waals surface area contributed by atoms with Crippen LogP contribution in [0.15, 0.2) is 22.7 Å². The van der Waals surface area contributed by atoms with Gasteiger partial charge in [-0.1, -0.05) is 30.7 Å². The smallest absolute Gasteiger partial charge is 0.233 e. The highest BCUT2D eigenvalue weighted by Crippen LogP contribution is 2.32. The minimum Gasteiger partial charge on any atom is -0.350 e. The lowest BCUT2D eigenvalue weighted by Gasteiger charge is -2.14. The number of nitrogens with zero attached hydrogens (tertiary/aromatic N) is 4. The number of hydrogen-bond donors (Lipinski definition) is 1. The summed E-state index contributed by atoms with van der Waals surface area (Å²) >= 11 is 3.07. The molecule has 0 aromatic carbocycles. The Balaban J connectivity index is 1.55. The van der Waals surface area contributed by atoms with Crippen molar-refractivity contribution in [3.05, 3.63) is 22.4 Å². The van der Waals surface area contributed by atoms with E-state index in [2.05, 4.69) is 20.8 Å². The quantitative estimate of drug-likeness (QED) is 0.820. The Morgan fingerprint density at radius 3 is 3.09 bits per heavy atom. The second-order valence-corrected chi connectivity index (χ2v) is 7.74. The van der Waals surface area contributed by atoms with Crippen molar-refractivity contribution in [3.8, 4) is 0 Å². The van der Waals surface area contributed by atoms with E-state index < -0.39 is 0 Å². The van der Waals surface area contributed by atoms with Crippen LogP contribution in [0.1, 0.15) is 43.5 Å². The number of nitrogens with one attached hydrogen (secondary N) is 1. The summed E-state index contributed by atoms with van der Waals surface area (Å²) in [7, 11) is 0. The fourth-order valence-electron chi connectivity index (χ4n) is 2.58. The number of tetrazole rings is 1. The maximum Gasteiger partial charge on any atom is 0.233 e. The molecule has 0 radical (unpaired) electrons. The predicted octanol–water partition coefficient (Wildman–Crippen LogP) is 2.65. The summed E-state index contributed by atoms with van der Waals surface area (Å²) in [6, 6.07) is 4.39. The van der Waals surface area contributed by atoms with Crippen LogP contribution in [0.3, 0.4) is 0 Å². The molecule has 0 bridgehead atoms. The first-order chi connectivity index (χ1) is 10.7. The molecular formula is C14H19N5OS2. The van der Waals surface area contributed by atoms with Gasteiger partial charge in [-0.15, -0.1) is 16.4 Å². The van der Waals surface area contributed by atoms with Crippen molar-refractivity contribution >= 4 is 29.0 Å². The van der Waals surface area contributed by atoms with Crippen LogP contribution in [0.25, 0.3) is 0 Å². The zero-order chi connectivity index (χ0) is 15.4. The molecule has 6 nitrogen and oxygen atoms in total. The van der Waals surface area contributed by atoms with E-state index in [0.717, 1.165) is 22.9 Å². The van der Waals surface area contributed by atoms with Gasteiger partial charge in [0.25, 0.3) is 0 Å². The number of hydrogen-bond acceptors (Lipinski definition) is 6. The second-order valence-electron chi connectivity index (χ2n) is 5.40. The molecule has 0 unspecified atom stereocenters. The van der Waals surface area contributed by atoms with Gasteiger partial charge in [0.05, 0.1) is 17.8 Å². The van der Waals surface area contributed by atoms with Crippen molar-refractivity contribution < 1.29 is 4.79 Å². The van der Waals surface area contributed by atoms with Crippen LogP contribution in [0.2, 0.25) is 0 Å². The summed E-state index contributed by atoms with van der Waals surface area (Å²) in [6.07, 6.45) is 4.70. The van der Waals surface area contributed by atoms with E-state index in [1.54, 1.807) is 11.3 Å². The molecule has 2 aromatic rings. The zero-order valence-corrected chi connectivity index (χ0v) is 14.1. The number of carbonyl (C=O) groups excluding carboxylic acids is 1. The predicted molar refractivity (Wildman–Crippen MR) is 86.8 cm³/mol. The van der Waals surface area contributed by atoms with Crippen LogP contribution in [-0.2, 0) is 11.3 Å².